The van der Waals surface area contributed by atoms with Crippen molar-refractivity contribution in [1.29, 1.82) is 5.41 Å². The van der Waals surface area contributed by atoms with Gasteiger partial charge in [0.05, 0.1) is 12.3 Å². The van der Waals surface area contributed by atoms with Gasteiger partial charge in [-0.3, -0.25) is 4.79 Å². The lowest BCUT2D eigenvalue weighted by Gasteiger charge is -2.05. The average Bonchev–Trinajstić information content (AvgIpc) is 3.21. The van der Waals surface area contributed by atoms with E-state index in [-0.39, 0.29) is 12.5 Å². The van der Waals surface area contributed by atoms with Crippen LogP contribution in [-0.2, 0) is 6.42 Å². The molecule has 0 radical (unpaired) electrons. The van der Waals surface area contributed by atoms with Gasteiger partial charge in [0, 0.05) is 34.6 Å². The number of fused-ring (bicyclic) bond motifs is 2. The number of nitrogens with one attached hydrogen (secondary N) is 3. The van der Waals surface area contributed by atoms with Crippen molar-refractivity contribution in [2.45, 2.75) is 6.42 Å². The molecule has 2 aromatic carbocycles. The highest BCUT2D eigenvalue weighted by atomic mass is 16.1. The summed E-state index contributed by atoms with van der Waals surface area (Å²) in [5.74, 6) is 2.22. The molecule has 4 heteroatoms. The number of hydrogen-bond donors (Lipinski definition) is 3. The SMILES string of the molecule is C#CCNC(=O)c1ccc2c(CC3=CC(=N)c4ccccc43)c[nH]c2c1. The maximum atomic E-state index is 12.1. The third-order valence-corrected chi connectivity index (χ3v) is 4.64. The molecule has 126 valence electrons. The highest BCUT2D eigenvalue weighted by molar-refractivity contribution is 6.18. The molecule has 1 aromatic heterocycles. The van der Waals surface area contributed by atoms with E-state index in [0.29, 0.717) is 11.3 Å². The fraction of sp³-hybridized carbons (Fsp3) is 0.0909. The van der Waals surface area contributed by atoms with Crippen LogP contribution in [0.5, 0.6) is 0 Å². The van der Waals surface area contributed by atoms with Crippen molar-refractivity contribution in [3.05, 3.63) is 77.0 Å². The van der Waals surface area contributed by atoms with Gasteiger partial charge < -0.3 is 15.7 Å². The zero-order chi connectivity index (χ0) is 18.1. The molecule has 4 nitrogen and oxygen atoms in total. The molecule has 0 aliphatic heterocycles. The zero-order valence-electron chi connectivity index (χ0n) is 14.1. The number of allylic oxidation sites excluding steroid dienone is 2. The fourth-order valence-corrected chi connectivity index (χ4v) is 3.39. The van der Waals surface area contributed by atoms with E-state index in [1.54, 1.807) is 0 Å². The third-order valence-electron chi connectivity index (χ3n) is 4.64. The number of amides is 1. The molecule has 0 saturated heterocycles. The molecule has 0 fully saturated rings. The first-order chi connectivity index (χ1) is 12.7. The molecule has 4 rings (SSSR count). The molecule has 0 saturated carbocycles. The van der Waals surface area contributed by atoms with Crippen molar-refractivity contribution in [3.63, 3.8) is 0 Å². The van der Waals surface area contributed by atoms with E-state index in [9.17, 15) is 4.79 Å². The molecule has 1 amide bonds. The number of carbonyl (C=O) groups excluding carboxylic acids is 1. The number of H-pyrrole nitrogens is 1. The summed E-state index contributed by atoms with van der Waals surface area (Å²) in [5, 5.41) is 11.9. The van der Waals surface area contributed by atoms with Crippen molar-refractivity contribution in [2.24, 2.45) is 0 Å². The van der Waals surface area contributed by atoms with Crippen molar-refractivity contribution < 1.29 is 4.79 Å². The minimum Gasteiger partial charge on any atom is -0.361 e. The minimum atomic E-state index is -0.179. The van der Waals surface area contributed by atoms with Gasteiger partial charge in [-0.1, -0.05) is 36.3 Å². The van der Waals surface area contributed by atoms with Crippen molar-refractivity contribution >= 4 is 28.1 Å². The second kappa shape index (κ2) is 6.38. The van der Waals surface area contributed by atoms with Gasteiger partial charge in [0.1, 0.15) is 0 Å². The number of benzene rings is 2. The first-order valence-corrected chi connectivity index (χ1v) is 8.38. The van der Waals surface area contributed by atoms with Gasteiger partial charge in [0.2, 0.25) is 0 Å². The monoisotopic (exact) mass is 339 g/mol. The molecule has 0 unspecified atom stereocenters. The highest BCUT2D eigenvalue weighted by Gasteiger charge is 2.19. The van der Waals surface area contributed by atoms with Gasteiger partial charge >= 0.3 is 0 Å². The summed E-state index contributed by atoms with van der Waals surface area (Å²) in [4.78, 5) is 15.3. The Balaban J connectivity index is 1.63. The number of carbonyl (C=O) groups is 1. The van der Waals surface area contributed by atoms with E-state index in [1.165, 1.54) is 0 Å². The van der Waals surface area contributed by atoms with Gasteiger partial charge in [0.25, 0.3) is 5.91 Å². The Bertz CT molecular complexity index is 1110. The quantitative estimate of drug-likeness (QED) is 0.625. The topological polar surface area (TPSA) is 68.7 Å². The maximum absolute atomic E-state index is 12.1. The van der Waals surface area contributed by atoms with Crippen LogP contribution >= 0.6 is 0 Å². The molecule has 0 atom stereocenters. The van der Waals surface area contributed by atoms with E-state index in [4.69, 9.17) is 11.8 Å². The predicted octanol–water partition coefficient (Wildman–Crippen LogP) is 3.54. The first-order valence-electron chi connectivity index (χ1n) is 8.38. The van der Waals surface area contributed by atoms with Crippen LogP contribution < -0.4 is 5.32 Å². The van der Waals surface area contributed by atoms with Gasteiger partial charge in [-0.15, -0.1) is 6.42 Å². The fourth-order valence-electron chi connectivity index (χ4n) is 3.39. The van der Waals surface area contributed by atoms with Crippen LogP contribution in [0, 0.1) is 17.8 Å². The predicted molar refractivity (Wildman–Crippen MR) is 104 cm³/mol. The average molecular weight is 339 g/mol. The summed E-state index contributed by atoms with van der Waals surface area (Å²) in [5.41, 5.74) is 6.44. The summed E-state index contributed by atoms with van der Waals surface area (Å²) >= 11 is 0. The van der Waals surface area contributed by atoms with E-state index in [1.807, 2.05) is 48.7 Å². The lowest BCUT2D eigenvalue weighted by molar-refractivity contribution is 0.0959. The maximum Gasteiger partial charge on any atom is 0.252 e. The van der Waals surface area contributed by atoms with Crippen LogP contribution in [0.25, 0.3) is 16.5 Å². The number of hydrogen-bond acceptors (Lipinski definition) is 2. The Morgan fingerprint density at radius 1 is 1.19 bits per heavy atom. The molecule has 0 spiro atoms. The number of aromatic nitrogens is 1. The van der Waals surface area contributed by atoms with E-state index >= 15 is 0 Å². The van der Waals surface area contributed by atoms with Crippen molar-refractivity contribution in [2.75, 3.05) is 6.54 Å². The lowest BCUT2D eigenvalue weighted by atomic mass is 9.98. The Morgan fingerprint density at radius 3 is 2.81 bits per heavy atom. The molecule has 3 N–H and O–H groups in total. The van der Waals surface area contributed by atoms with E-state index < -0.39 is 0 Å². The molecule has 1 aliphatic rings. The first kappa shape index (κ1) is 15.9. The van der Waals surface area contributed by atoms with E-state index in [0.717, 1.165) is 39.6 Å². The summed E-state index contributed by atoms with van der Waals surface area (Å²) in [6.45, 7) is 0.215. The second-order valence-corrected chi connectivity index (χ2v) is 6.27. The van der Waals surface area contributed by atoms with Gasteiger partial charge in [-0.25, -0.2) is 0 Å². The minimum absolute atomic E-state index is 0.179. The van der Waals surface area contributed by atoms with Crippen LogP contribution in [0.3, 0.4) is 0 Å². The van der Waals surface area contributed by atoms with E-state index in [2.05, 4.69) is 22.3 Å². The largest absolute Gasteiger partial charge is 0.361 e. The second-order valence-electron chi connectivity index (χ2n) is 6.27. The van der Waals surface area contributed by atoms with Crippen molar-refractivity contribution in [1.82, 2.24) is 10.3 Å². The molecule has 1 aliphatic carbocycles. The standard InChI is InChI=1S/C22H17N3O/c1-2-9-24-22(26)14-7-8-18-16(13-25-21(18)12-14)10-15-11-20(23)19-6-4-3-5-17(15)19/h1,3-8,11-13,23,25H,9-10H2,(H,24,26). The highest BCUT2D eigenvalue weighted by Crippen LogP contribution is 2.32. The summed E-state index contributed by atoms with van der Waals surface area (Å²) in [7, 11) is 0. The number of rotatable bonds is 4. The zero-order valence-corrected chi connectivity index (χ0v) is 14.1. The third kappa shape index (κ3) is 2.70. The summed E-state index contributed by atoms with van der Waals surface area (Å²) < 4.78 is 0. The molecular formula is C22H17N3O. The summed E-state index contributed by atoms with van der Waals surface area (Å²) in [6, 6.07) is 13.6. The summed E-state index contributed by atoms with van der Waals surface area (Å²) in [6.07, 6.45) is 9.82. The Hall–Kier alpha value is -3.58. The lowest BCUT2D eigenvalue weighted by Crippen LogP contribution is -2.23. The molecule has 0 bridgehead atoms. The van der Waals surface area contributed by atoms with Crippen LogP contribution in [0.2, 0.25) is 0 Å². The van der Waals surface area contributed by atoms with Crippen LogP contribution in [0.4, 0.5) is 0 Å². The van der Waals surface area contributed by atoms with Gasteiger partial charge in [0.15, 0.2) is 0 Å². The molecule has 3 aromatic rings. The number of terminal acetylenes is 1. The Morgan fingerprint density at radius 2 is 2.00 bits per heavy atom. The van der Waals surface area contributed by atoms with Gasteiger partial charge in [-0.2, -0.15) is 0 Å². The van der Waals surface area contributed by atoms with Crippen LogP contribution in [-0.4, -0.2) is 23.1 Å². The Labute approximate surface area is 151 Å². The molecular weight excluding hydrogens is 322 g/mol. The normalized spacial score (nSPS) is 12.6. The van der Waals surface area contributed by atoms with Crippen LogP contribution in [0.1, 0.15) is 27.0 Å². The smallest absolute Gasteiger partial charge is 0.252 e. The van der Waals surface area contributed by atoms with Crippen molar-refractivity contribution in [3.8, 4) is 12.3 Å². The molecule has 26 heavy (non-hydrogen) atoms. The van der Waals surface area contributed by atoms with Crippen LogP contribution in [0.15, 0.2) is 54.7 Å². The Kier molecular flexibility index (Phi) is 3.91. The number of aromatic amines is 1. The van der Waals surface area contributed by atoms with Gasteiger partial charge in [-0.05, 0) is 34.9 Å². The molecule has 1 heterocycles.